The molecule has 0 saturated carbocycles. The summed E-state index contributed by atoms with van der Waals surface area (Å²) in [4.78, 5) is 15.6. The Balaban J connectivity index is 0.886. The third-order valence-corrected chi connectivity index (χ3v) is 31.0. The summed E-state index contributed by atoms with van der Waals surface area (Å²) in [5.41, 5.74) is 29.1. The average molecular weight is 1550 g/mol. The van der Waals surface area contributed by atoms with Crippen LogP contribution in [-0.2, 0) is 6.42 Å². The van der Waals surface area contributed by atoms with E-state index in [-0.39, 0.29) is 0 Å². The Labute approximate surface area is 693 Å². The minimum absolute atomic E-state index is 0.413. The second kappa shape index (κ2) is 31.7. The van der Waals surface area contributed by atoms with Crippen molar-refractivity contribution in [3.8, 4) is 77.9 Å². The molecule has 0 spiro atoms. The van der Waals surface area contributed by atoms with E-state index in [4.69, 9.17) is 10.7 Å². The number of hydrogen-bond acceptors (Lipinski definition) is 1. The van der Waals surface area contributed by atoms with Crippen LogP contribution in [0, 0.1) is 12.1 Å². The molecule has 0 bridgehead atoms. The van der Waals surface area contributed by atoms with Crippen molar-refractivity contribution in [3.05, 3.63) is 473 Å². The van der Waals surface area contributed by atoms with Crippen LogP contribution in [0.4, 0.5) is 0 Å². The zero-order valence-corrected chi connectivity index (χ0v) is 66.7. The molecule has 1 unspecified atom stereocenters. The molecule has 0 amide bonds. The normalized spacial score (nSPS) is 12.4. The first-order chi connectivity index (χ1) is 58.4. The van der Waals surface area contributed by atoms with Gasteiger partial charge in [-0.25, -0.2) is 4.99 Å². The van der Waals surface area contributed by atoms with Crippen LogP contribution in [0.1, 0.15) is 18.2 Å². The number of nitrogens with two attached hydrogens (primary N) is 1. The van der Waals surface area contributed by atoms with Gasteiger partial charge in [-0.2, -0.15) is 0 Å². The van der Waals surface area contributed by atoms with Crippen LogP contribution in [-0.4, -0.2) is 15.1 Å². The first-order valence-corrected chi connectivity index (χ1v) is 43.6. The summed E-state index contributed by atoms with van der Waals surface area (Å²) in [5, 5.41) is 4.54. The third kappa shape index (κ3) is 13.4. The second-order valence-corrected chi connectivity index (χ2v) is 36.3. The molecule has 18 aromatic carbocycles. The second-order valence-electron chi connectivity index (χ2n) is 30.1. The SMILES string of the molecule is NC(=NC(CCc1cc(S(c2ccc(-c3c#cccc3)cc2)(c2ccc(-c3ccccc3)cc2)c2ccc(-c3ccccc3)cc2)cc(S(c2ccc(-c3ccccc3)cc2)(c2ccc(-c3ccccc3)cc2)c2ccc(-c3ccccc3)cc2)c1)n1c2ccccc2c2ccccc21)n1c2ccccc2c2cc(-c3ccccc3)ccc21. The number of rotatable bonds is 20. The van der Waals surface area contributed by atoms with Crippen molar-refractivity contribution in [3.63, 3.8) is 0 Å². The van der Waals surface area contributed by atoms with Gasteiger partial charge >= 0.3 is 0 Å². The summed E-state index contributed by atoms with van der Waals surface area (Å²) in [6, 6.07) is 176. The third-order valence-electron chi connectivity index (χ3n) is 23.3. The molecule has 0 radical (unpaired) electrons. The number of aryl methyl sites for hydroxylation is 1. The Kier molecular flexibility index (Phi) is 19.5. The van der Waals surface area contributed by atoms with Gasteiger partial charge in [-0.3, -0.25) is 4.57 Å². The highest BCUT2D eigenvalue weighted by Gasteiger charge is 2.40. The molecule has 1 atom stereocenters. The number of nitrogens with zero attached hydrogens (tertiary/aromatic N) is 3. The van der Waals surface area contributed by atoms with Crippen molar-refractivity contribution in [2.24, 2.45) is 10.7 Å². The van der Waals surface area contributed by atoms with E-state index in [9.17, 15) is 0 Å². The lowest BCUT2D eigenvalue weighted by atomic mass is 10.0. The Morgan fingerprint density at radius 2 is 0.559 bits per heavy atom. The zero-order chi connectivity index (χ0) is 78.8. The molecule has 0 aliphatic rings. The fourth-order valence-electron chi connectivity index (χ4n) is 17.6. The maximum absolute atomic E-state index is 7.92. The van der Waals surface area contributed by atoms with E-state index >= 15 is 0 Å². The predicted octanol–water partition coefficient (Wildman–Crippen LogP) is 29.8. The average Bonchev–Trinajstić information content (AvgIpc) is 1.42. The van der Waals surface area contributed by atoms with Gasteiger partial charge in [0.05, 0.1) is 22.1 Å². The number of aliphatic imine (C=N–C) groups is 1. The molecule has 6 heteroatoms. The van der Waals surface area contributed by atoms with Crippen LogP contribution in [0.2, 0.25) is 0 Å². The van der Waals surface area contributed by atoms with Gasteiger partial charge in [-0.1, -0.05) is 334 Å². The van der Waals surface area contributed by atoms with E-state index in [0.29, 0.717) is 18.8 Å². The van der Waals surface area contributed by atoms with E-state index in [1.165, 1.54) is 44.7 Å². The number of para-hydroxylation sites is 3. The van der Waals surface area contributed by atoms with Gasteiger partial charge in [-0.15, -0.1) is 20.1 Å². The molecular formula is C112H82N4S2. The monoisotopic (exact) mass is 1550 g/mol. The van der Waals surface area contributed by atoms with Crippen LogP contribution < -0.4 is 5.73 Å². The first-order valence-electron chi connectivity index (χ1n) is 40.4. The smallest absolute Gasteiger partial charge is 0.202 e. The minimum atomic E-state index is -2.60. The molecule has 2 aromatic heterocycles. The molecule has 20 aromatic rings. The molecule has 4 nitrogen and oxygen atoms in total. The summed E-state index contributed by atoms with van der Waals surface area (Å²) < 4.78 is 4.66. The van der Waals surface area contributed by atoms with Crippen LogP contribution in [0.15, 0.2) is 499 Å². The minimum Gasteiger partial charge on any atom is -0.369 e. The van der Waals surface area contributed by atoms with Crippen LogP contribution in [0.25, 0.3) is 122 Å². The number of benzene rings is 17. The van der Waals surface area contributed by atoms with Crippen molar-refractivity contribution in [1.29, 1.82) is 0 Å². The van der Waals surface area contributed by atoms with Gasteiger partial charge < -0.3 is 10.3 Å². The summed E-state index contributed by atoms with van der Waals surface area (Å²) in [5.74, 6) is 0.413. The highest BCUT2D eigenvalue weighted by Crippen LogP contribution is 2.78. The molecular weight excluding hydrogens is 1470 g/mol. The largest absolute Gasteiger partial charge is 0.369 e. The fourth-order valence-corrected chi connectivity index (χ4v) is 25.5. The molecule has 0 saturated heterocycles. The van der Waals surface area contributed by atoms with Gasteiger partial charge in [-0.05, 0) is 224 Å². The zero-order valence-electron chi connectivity index (χ0n) is 65.0. The lowest BCUT2D eigenvalue weighted by Gasteiger charge is -2.46. The standard InChI is InChI=1S/C112H82N4S2/c113-112(116-109-47-27-24-44-105(109)106-78-94(61-74-110(106)116)87-40-20-7-21-41-87)114-111(115-107-45-25-22-42-103(107)104-43-23-26-46-108(104)115)75-48-80-76-101(117(95-62-49-88(50-63-95)81-28-8-1-9-29-81,96-64-51-89(52-65-96)82-30-10-2-11-31-82)97-66-53-90(54-67-97)83-32-12-3-13-33-83)79-102(77-80)118(98-68-55-91(56-69-98)84-34-14-4-15-35-84,99-70-57-92(58-71-99)85-36-16-5-17-37-85)100-72-59-93(60-73-100)86-38-18-6-19-39-86/h1-18,20-38,40-47,49-74,76-79,111H,48,75H2,(H2,113,114). The van der Waals surface area contributed by atoms with Crippen LogP contribution >= 0.6 is 20.1 Å². The maximum Gasteiger partial charge on any atom is 0.202 e. The Hall–Kier alpha value is -14.5. The van der Waals surface area contributed by atoms with Crippen molar-refractivity contribution >= 4 is 69.6 Å². The van der Waals surface area contributed by atoms with Crippen molar-refractivity contribution in [2.75, 3.05) is 0 Å². The van der Waals surface area contributed by atoms with Gasteiger partial charge in [0, 0.05) is 66.3 Å². The first kappa shape index (κ1) is 72.5. The van der Waals surface area contributed by atoms with E-state index in [1.807, 2.05) is 6.07 Å². The highest BCUT2D eigenvalue weighted by atomic mass is 32.3. The van der Waals surface area contributed by atoms with E-state index in [1.54, 1.807) is 0 Å². The predicted molar refractivity (Wildman–Crippen MR) is 495 cm³/mol. The maximum atomic E-state index is 7.92. The topological polar surface area (TPSA) is 48.2 Å². The molecule has 2 N–H and O–H groups in total. The lowest BCUT2D eigenvalue weighted by molar-refractivity contribution is 0.511. The fraction of sp³-hybridized carbons (Fsp3) is 0.0268. The quantitative estimate of drug-likeness (QED) is 0.0600. The molecule has 2 heterocycles. The van der Waals surface area contributed by atoms with Crippen molar-refractivity contribution < 1.29 is 0 Å². The lowest BCUT2D eigenvalue weighted by Crippen LogP contribution is -2.24. The summed E-state index contributed by atoms with van der Waals surface area (Å²) in [6.45, 7) is 0. The summed E-state index contributed by atoms with van der Waals surface area (Å²) in [7, 11) is -5.19. The Morgan fingerprint density at radius 3 is 0.915 bits per heavy atom. The van der Waals surface area contributed by atoms with E-state index < -0.39 is 26.2 Å². The van der Waals surface area contributed by atoms with Crippen LogP contribution in [0.3, 0.4) is 0 Å². The summed E-state index contributed by atoms with van der Waals surface area (Å²) in [6.07, 6.45) is 0.628. The Bertz CT molecular complexity index is 6230. The molecule has 0 aliphatic carbocycles. The van der Waals surface area contributed by atoms with Crippen LogP contribution in [0.5, 0.6) is 0 Å². The number of fused-ring (bicyclic) bond motifs is 6. The highest BCUT2D eigenvalue weighted by molar-refractivity contribution is 8.34. The molecule has 0 aliphatic heterocycles. The van der Waals surface area contributed by atoms with Gasteiger partial charge in [0.1, 0.15) is 6.17 Å². The summed E-state index contributed by atoms with van der Waals surface area (Å²) >= 11 is 0. The molecule has 20 rings (SSSR count). The molecule has 562 valence electrons. The number of hydrogen-bond donors (Lipinski definition) is 1. The Morgan fingerprint density at radius 1 is 0.263 bits per heavy atom. The molecule has 118 heavy (non-hydrogen) atoms. The van der Waals surface area contributed by atoms with Crippen molar-refractivity contribution in [2.45, 2.75) is 58.2 Å². The van der Waals surface area contributed by atoms with Gasteiger partial charge in [0.25, 0.3) is 0 Å². The van der Waals surface area contributed by atoms with E-state index in [2.05, 4.69) is 470 Å². The number of aromatic nitrogens is 2. The van der Waals surface area contributed by atoms with Gasteiger partial charge in [0.15, 0.2) is 0 Å². The van der Waals surface area contributed by atoms with E-state index in [0.717, 1.165) is 122 Å². The van der Waals surface area contributed by atoms with Crippen molar-refractivity contribution in [1.82, 2.24) is 9.13 Å². The molecule has 0 fully saturated rings. The van der Waals surface area contributed by atoms with Gasteiger partial charge in [0.2, 0.25) is 5.96 Å².